The zero-order chi connectivity index (χ0) is 28.1. The summed E-state index contributed by atoms with van der Waals surface area (Å²) in [5.41, 5.74) is 1.41. The molecule has 0 radical (unpaired) electrons. The SMILES string of the molecule is CC(C)[C@H](NC(=O)OCc1ccccc1)C(=O)N[C@H](Cc1ccc(B2OC(C)(C)C(C)(C)O2)cc1)C(=O)O. The normalized spacial score (nSPS) is 17.5. The number of carboxylic acid groups (broad SMARTS) is 1. The van der Waals surface area contributed by atoms with E-state index in [-0.39, 0.29) is 18.9 Å². The van der Waals surface area contributed by atoms with Crippen LogP contribution in [0.3, 0.4) is 0 Å². The maximum Gasteiger partial charge on any atom is 0.494 e. The summed E-state index contributed by atoms with van der Waals surface area (Å²) in [5.74, 6) is -2.08. The van der Waals surface area contributed by atoms with Gasteiger partial charge in [-0.15, -0.1) is 0 Å². The Balaban J connectivity index is 1.60. The molecule has 2 atom stereocenters. The van der Waals surface area contributed by atoms with Gasteiger partial charge in [-0.2, -0.15) is 0 Å². The molecule has 0 aromatic heterocycles. The number of ether oxygens (including phenoxy) is 1. The summed E-state index contributed by atoms with van der Waals surface area (Å²) in [5, 5.41) is 14.9. The van der Waals surface area contributed by atoms with Gasteiger partial charge >= 0.3 is 19.2 Å². The quantitative estimate of drug-likeness (QED) is 0.409. The number of rotatable bonds is 10. The first-order chi connectivity index (χ1) is 17.8. The number of carbonyl (C=O) groups excluding carboxylic acids is 2. The number of alkyl carbamates (subject to hydrolysis) is 1. The first-order valence-electron chi connectivity index (χ1n) is 12.7. The topological polar surface area (TPSA) is 123 Å². The minimum absolute atomic E-state index is 0.0543. The number of carbonyl (C=O) groups is 3. The van der Waals surface area contributed by atoms with E-state index in [2.05, 4.69) is 10.6 Å². The highest BCUT2D eigenvalue weighted by Gasteiger charge is 2.51. The molecule has 0 unspecified atom stereocenters. The molecule has 0 aliphatic carbocycles. The average Bonchev–Trinajstić information content (AvgIpc) is 3.08. The van der Waals surface area contributed by atoms with Gasteiger partial charge in [0, 0.05) is 6.42 Å². The van der Waals surface area contributed by atoms with E-state index in [1.807, 2.05) is 70.2 Å². The van der Waals surface area contributed by atoms with Crippen molar-refractivity contribution in [3.05, 3.63) is 65.7 Å². The van der Waals surface area contributed by atoms with Gasteiger partial charge in [0.25, 0.3) is 0 Å². The van der Waals surface area contributed by atoms with E-state index in [0.29, 0.717) is 5.56 Å². The molecule has 0 saturated carbocycles. The van der Waals surface area contributed by atoms with Crippen LogP contribution in [0.2, 0.25) is 0 Å². The van der Waals surface area contributed by atoms with Crippen LogP contribution >= 0.6 is 0 Å². The second kappa shape index (κ2) is 12.0. The fourth-order valence-electron chi connectivity index (χ4n) is 3.91. The molecule has 0 bridgehead atoms. The number of nitrogens with one attached hydrogen (secondary N) is 2. The Morgan fingerprint density at radius 3 is 2.00 bits per heavy atom. The summed E-state index contributed by atoms with van der Waals surface area (Å²) < 4.78 is 17.4. The van der Waals surface area contributed by atoms with Crippen molar-refractivity contribution in [2.45, 2.75) is 77.9 Å². The zero-order valence-corrected chi connectivity index (χ0v) is 22.8. The maximum atomic E-state index is 13.0. The Labute approximate surface area is 224 Å². The maximum absolute atomic E-state index is 13.0. The molecular formula is C28H37BN2O7. The van der Waals surface area contributed by atoms with Gasteiger partial charge < -0.3 is 29.8 Å². The molecule has 1 fully saturated rings. The Bertz CT molecular complexity index is 1100. The number of hydrogen-bond acceptors (Lipinski definition) is 6. The molecule has 3 rings (SSSR count). The largest absolute Gasteiger partial charge is 0.494 e. The highest BCUT2D eigenvalue weighted by Crippen LogP contribution is 2.36. The lowest BCUT2D eigenvalue weighted by Crippen LogP contribution is -2.54. The fraction of sp³-hybridized carbons (Fsp3) is 0.464. The van der Waals surface area contributed by atoms with Crippen LogP contribution in [0.5, 0.6) is 0 Å². The molecule has 9 nitrogen and oxygen atoms in total. The minimum atomic E-state index is -1.19. The standard InChI is InChI=1S/C28H37BN2O7/c1-18(2)23(31-26(35)36-17-20-10-8-7-9-11-20)24(32)30-22(25(33)34)16-19-12-14-21(15-13-19)29-37-27(3,4)28(5,6)38-29/h7-15,18,22-23H,16-17H2,1-6H3,(H,30,32)(H,31,35)(H,33,34)/t22-,23+/m1/s1. The highest BCUT2D eigenvalue weighted by atomic mass is 16.7. The van der Waals surface area contributed by atoms with E-state index in [1.54, 1.807) is 26.0 Å². The van der Waals surface area contributed by atoms with E-state index in [0.717, 1.165) is 11.0 Å². The molecule has 2 amide bonds. The summed E-state index contributed by atoms with van der Waals surface area (Å²) in [4.78, 5) is 37.3. The van der Waals surface area contributed by atoms with Crippen LogP contribution in [-0.2, 0) is 36.7 Å². The van der Waals surface area contributed by atoms with Gasteiger partial charge in [0.1, 0.15) is 18.7 Å². The van der Waals surface area contributed by atoms with Crippen LogP contribution in [0.25, 0.3) is 0 Å². The van der Waals surface area contributed by atoms with Crippen molar-refractivity contribution < 1.29 is 33.5 Å². The third kappa shape index (κ3) is 7.36. The average molecular weight is 524 g/mol. The molecule has 1 aliphatic heterocycles. The van der Waals surface area contributed by atoms with E-state index in [9.17, 15) is 19.5 Å². The van der Waals surface area contributed by atoms with Crippen LogP contribution < -0.4 is 16.1 Å². The Morgan fingerprint density at radius 2 is 1.47 bits per heavy atom. The Morgan fingerprint density at radius 1 is 0.895 bits per heavy atom. The fourth-order valence-corrected chi connectivity index (χ4v) is 3.91. The molecule has 1 saturated heterocycles. The van der Waals surface area contributed by atoms with Gasteiger partial charge in [0.05, 0.1) is 11.2 Å². The second-order valence-electron chi connectivity index (χ2n) is 10.9. The summed E-state index contributed by atoms with van der Waals surface area (Å²) in [7, 11) is -0.524. The van der Waals surface area contributed by atoms with E-state index < -0.39 is 48.4 Å². The lowest BCUT2D eigenvalue weighted by Gasteiger charge is -2.32. The molecule has 1 aliphatic rings. The van der Waals surface area contributed by atoms with E-state index in [4.69, 9.17) is 14.0 Å². The number of benzene rings is 2. The smallest absolute Gasteiger partial charge is 0.480 e. The van der Waals surface area contributed by atoms with Crippen molar-refractivity contribution in [1.29, 1.82) is 0 Å². The van der Waals surface area contributed by atoms with Crippen molar-refractivity contribution in [3.63, 3.8) is 0 Å². The second-order valence-corrected chi connectivity index (χ2v) is 10.9. The van der Waals surface area contributed by atoms with E-state index >= 15 is 0 Å². The van der Waals surface area contributed by atoms with Crippen molar-refractivity contribution >= 4 is 30.6 Å². The van der Waals surface area contributed by atoms with Gasteiger partial charge in [0.2, 0.25) is 5.91 Å². The summed E-state index contributed by atoms with van der Waals surface area (Å²) in [6.07, 6.45) is -0.693. The van der Waals surface area contributed by atoms with Gasteiger partial charge in [0.15, 0.2) is 0 Å². The molecular weight excluding hydrogens is 487 g/mol. The molecule has 2 aromatic rings. The van der Waals surface area contributed by atoms with Gasteiger partial charge in [-0.05, 0) is 50.2 Å². The third-order valence-corrected chi connectivity index (χ3v) is 6.99. The summed E-state index contributed by atoms with van der Waals surface area (Å²) in [6, 6.07) is 14.3. The third-order valence-electron chi connectivity index (χ3n) is 6.99. The molecule has 2 aromatic carbocycles. The lowest BCUT2D eigenvalue weighted by atomic mass is 9.78. The van der Waals surface area contributed by atoms with Crippen molar-refractivity contribution in [1.82, 2.24) is 10.6 Å². The molecule has 10 heteroatoms. The van der Waals surface area contributed by atoms with Gasteiger partial charge in [-0.25, -0.2) is 9.59 Å². The van der Waals surface area contributed by atoms with Crippen molar-refractivity contribution in [3.8, 4) is 0 Å². The van der Waals surface area contributed by atoms with E-state index in [1.165, 1.54) is 0 Å². The number of hydrogen-bond donors (Lipinski definition) is 3. The number of aliphatic carboxylic acids is 1. The Hall–Kier alpha value is -3.37. The minimum Gasteiger partial charge on any atom is -0.480 e. The first kappa shape index (κ1) is 29.2. The summed E-state index contributed by atoms with van der Waals surface area (Å²) >= 11 is 0. The van der Waals surface area contributed by atoms with Crippen molar-refractivity contribution in [2.24, 2.45) is 5.92 Å². The summed E-state index contributed by atoms with van der Waals surface area (Å²) in [6.45, 7) is 11.5. The van der Waals surface area contributed by atoms with Crippen LogP contribution in [-0.4, -0.2) is 53.5 Å². The van der Waals surface area contributed by atoms with Crippen LogP contribution in [0.15, 0.2) is 54.6 Å². The zero-order valence-electron chi connectivity index (χ0n) is 22.8. The predicted octanol–water partition coefficient (Wildman–Crippen LogP) is 3.05. The molecule has 0 spiro atoms. The monoisotopic (exact) mass is 524 g/mol. The Kier molecular flexibility index (Phi) is 9.22. The van der Waals surface area contributed by atoms with Crippen LogP contribution in [0, 0.1) is 5.92 Å². The molecule has 3 N–H and O–H groups in total. The number of carboxylic acids is 1. The molecule has 204 valence electrons. The molecule has 1 heterocycles. The predicted molar refractivity (Wildman–Crippen MR) is 144 cm³/mol. The lowest BCUT2D eigenvalue weighted by molar-refractivity contribution is -0.142. The van der Waals surface area contributed by atoms with Crippen molar-refractivity contribution in [2.75, 3.05) is 0 Å². The van der Waals surface area contributed by atoms with Crippen LogP contribution in [0.4, 0.5) is 4.79 Å². The van der Waals surface area contributed by atoms with Gasteiger partial charge in [-0.3, -0.25) is 4.79 Å². The van der Waals surface area contributed by atoms with Crippen LogP contribution in [0.1, 0.15) is 52.7 Å². The molecule has 38 heavy (non-hydrogen) atoms. The van der Waals surface area contributed by atoms with Gasteiger partial charge in [-0.1, -0.05) is 68.4 Å². The first-order valence-corrected chi connectivity index (χ1v) is 12.7. The highest BCUT2D eigenvalue weighted by molar-refractivity contribution is 6.62. The number of amides is 2.